The summed E-state index contributed by atoms with van der Waals surface area (Å²) in [5, 5.41) is 3.71. The first-order valence-electron chi connectivity index (χ1n) is 11.9. The van der Waals surface area contributed by atoms with E-state index < -0.39 is 0 Å². The Hall–Kier alpha value is -2.17. The van der Waals surface area contributed by atoms with E-state index in [1.54, 1.807) is 0 Å². The summed E-state index contributed by atoms with van der Waals surface area (Å²) < 4.78 is 5.23. The lowest BCUT2D eigenvalue weighted by Gasteiger charge is -2.37. The van der Waals surface area contributed by atoms with Gasteiger partial charge >= 0.3 is 5.97 Å². The second-order valence-electron chi connectivity index (χ2n) is 8.75. The highest BCUT2D eigenvalue weighted by atomic mass is 16.5. The maximum absolute atomic E-state index is 12.3. The third-order valence-electron chi connectivity index (χ3n) is 6.35. The summed E-state index contributed by atoms with van der Waals surface area (Å²) >= 11 is 0. The minimum Gasteiger partial charge on any atom is -0.462 e. The summed E-state index contributed by atoms with van der Waals surface area (Å²) in [6, 6.07) is 16.9. The Kier molecular flexibility index (Phi) is 9.11. The van der Waals surface area contributed by atoms with E-state index >= 15 is 0 Å². The molecule has 1 atom stereocenters. The van der Waals surface area contributed by atoms with Crippen molar-refractivity contribution in [2.45, 2.75) is 59.0 Å². The lowest BCUT2D eigenvalue weighted by atomic mass is 9.96. The summed E-state index contributed by atoms with van der Waals surface area (Å²) in [7, 11) is 0. The first kappa shape index (κ1) is 23.5. The van der Waals surface area contributed by atoms with Crippen molar-refractivity contribution in [3.63, 3.8) is 0 Å². The first-order valence-corrected chi connectivity index (χ1v) is 11.9. The summed E-state index contributed by atoms with van der Waals surface area (Å²) in [5.74, 6) is 0.597. The minimum absolute atomic E-state index is 0.255. The van der Waals surface area contributed by atoms with Gasteiger partial charge in [-0.15, -0.1) is 0 Å². The van der Waals surface area contributed by atoms with Crippen molar-refractivity contribution in [1.82, 2.24) is 10.2 Å². The Labute approximate surface area is 188 Å². The van der Waals surface area contributed by atoms with Gasteiger partial charge in [-0.25, -0.2) is 4.79 Å². The van der Waals surface area contributed by atoms with Crippen molar-refractivity contribution < 1.29 is 9.53 Å². The summed E-state index contributed by atoms with van der Waals surface area (Å²) in [4.78, 5) is 15.0. The van der Waals surface area contributed by atoms with Gasteiger partial charge in [-0.1, -0.05) is 56.7 Å². The third-order valence-corrected chi connectivity index (χ3v) is 6.35. The zero-order chi connectivity index (χ0) is 22.1. The minimum atomic E-state index is -0.255. The van der Waals surface area contributed by atoms with Crippen LogP contribution in [0.3, 0.4) is 0 Å². The summed E-state index contributed by atoms with van der Waals surface area (Å²) in [6.07, 6.45) is 5.03. The molecule has 0 aromatic heterocycles. The van der Waals surface area contributed by atoms with E-state index in [1.165, 1.54) is 49.9 Å². The molecule has 0 aliphatic carbocycles. The SMILES string of the molecule is CCCC(CNCc1cc(C(=O)OCC)ccc1-c1ccccc1)N1CCC(C)CC1. The number of hydrogen-bond donors (Lipinski definition) is 1. The molecule has 2 aromatic rings. The van der Waals surface area contributed by atoms with E-state index in [0.717, 1.165) is 24.6 Å². The van der Waals surface area contributed by atoms with Crippen LogP contribution in [0.15, 0.2) is 48.5 Å². The predicted octanol–water partition coefficient (Wildman–Crippen LogP) is 5.52. The van der Waals surface area contributed by atoms with Crippen LogP contribution in [0.1, 0.15) is 62.4 Å². The van der Waals surface area contributed by atoms with Crippen LogP contribution in [0, 0.1) is 5.92 Å². The average molecular weight is 423 g/mol. The summed E-state index contributed by atoms with van der Waals surface area (Å²) in [5.41, 5.74) is 4.09. The molecule has 4 nitrogen and oxygen atoms in total. The maximum Gasteiger partial charge on any atom is 0.338 e. The molecule has 3 rings (SSSR count). The number of ether oxygens (including phenoxy) is 1. The van der Waals surface area contributed by atoms with Crippen LogP contribution in [0.4, 0.5) is 0 Å². The quantitative estimate of drug-likeness (QED) is 0.512. The Morgan fingerprint density at radius 1 is 1.13 bits per heavy atom. The molecule has 0 saturated carbocycles. The van der Waals surface area contributed by atoms with Gasteiger partial charge in [0.2, 0.25) is 0 Å². The smallest absolute Gasteiger partial charge is 0.338 e. The summed E-state index contributed by atoms with van der Waals surface area (Å²) in [6.45, 7) is 11.0. The molecule has 2 aromatic carbocycles. The van der Waals surface area contributed by atoms with Crippen LogP contribution in [0.5, 0.6) is 0 Å². The van der Waals surface area contributed by atoms with Gasteiger partial charge in [0.1, 0.15) is 0 Å². The molecule has 0 spiro atoms. The lowest BCUT2D eigenvalue weighted by Crippen LogP contribution is -2.46. The molecule has 168 valence electrons. The molecule has 1 saturated heterocycles. The fourth-order valence-corrected chi connectivity index (χ4v) is 4.49. The van der Waals surface area contributed by atoms with Crippen LogP contribution in [-0.2, 0) is 11.3 Å². The van der Waals surface area contributed by atoms with E-state index in [-0.39, 0.29) is 5.97 Å². The van der Waals surface area contributed by atoms with Crippen LogP contribution < -0.4 is 5.32 Å². The molecule has 1 unspecified atom stereocenters. The third kappa shape index (κ3) is 6.65. The fourth-order valence-electron chi connectivity index (χ4n) is 4.49. The van der Waals surface area contributed by atoms with Gasteiger partial charge in [-0.05, 0) is 74.0 Å². The number of hydrogen-bond acceptors (Lipinski definition) is 4. The number of carbonyl (C=O) groups excluding carboxylic acids is 1. The van der Waals surface area contributed by atoms with Gasteiger partial charge in [-0.2, -0.15) is 0 Å². The molecular weight excluding hydrogens is 384 g/mol. The molecule has 0 radical (unpaired) electrons. The van der Waals surface area contributed by atoms with Crippen LogP contribution in [0.2, 0.25) is 0 Å². The standard InChI is InChI=1S/C27H38N2O2/c1-4-9-25(29-16-14-21(3)15-17-29)20-28-19-24-18-23(27(30)31-5-2)12-13-26(24)22-10-7-6-8-11-22/h6-8,10-13,18,21,25,28H,4-5,9,14-17,19-20H2,1-3H3. The van der Waals surface area contributed by atoms with Gasteiger partial charge in [0.15, 0.2) is 0 Å². The number of benzene rings is 2. The van der Waals surface area contributed by atoms with Gasteiger partial charge in [0, 0.05) is 19.1 Å². The van der Waals surface area contributed by atoms with Crippen LogP contribution >= 0.6 is 0 Å². The van der Waals surface area contributed by atoms with Crippen molar-refractivity contribution in [1.29, 1.82) is 0 Å². The molecule has 0 amide bonds. The molecule has 1 aliphatic rings. The molecule has 1 N–H and O–H groups in total. The van der Waals surface area contributed by atoms with Gasteiger partial charge in [-0.3, -0.25) is 4.90 Å². The van der Waals surface area contributed by atoms with Gasteiger partial charge < -0.3 is 10.1 Å². The largest absolute Gasteiger partial charge is 0.462 e. The van der Waals surface area contributed by atoms with Crippen molar-refractivity contribution in [2.75, 3.05) is 26.2 Å². The fraction of sp³-hybridized carbons (Fsp3) is 0.519. The first-order chi connectivity index (χ1) is 15.1. The number of esters is 1. The van der Waals surface area contributed by atoms with E-state index in [1.807, 2.05) is 31.2 Å². The molecule has 1 heterocycles. The normalized spacial score (nSPS) is 16.2. The molecule has 0 bridgehead atoms. The number of likely N-dealkylation sites (tertiary alicyclic amines) is 1. The topological polar surface area (TPSA) is 41.6 Å². The zero-order valence-electron chi connectivity index (χ0n) is 19.4. The maximum atomic E-state index is 12.3. The van der Waals surface area contributed by atoms with Crippen LogP contribution in [-0.4, -0.2) is 43.2 Å². The lowest BCUT2D eigenvalue weighted by molar-refractivity contribution is 0.0526. The molecule has 31 heavy (non-hydrogen) atoms. The van der Waals surface area contributed by atoms with E-state index in [2.05, 4.69) is 48.3 Å². The Bertz CT molecular complexity index is 813. The highest BCUT2D eigenvalue weighted by Gasteiger charge is 2.22. The number of nitrogens with one attached hydrogen (secondary N) is 1. The number of piperidine rings is 1. The number of rotatable bonds is 10. The van der Waals surface area contributed by atoms with Gasteiger partial charge in [0.25, 0.3) is 0 Å². The van der Waals surface area contributed by atoms with Crippen molar-refractivity contribution >= 4 is 5.97 Å². The van der Waals surface area contributed by atoms with E-state index in [4.69, 9.17) is 4.74 Å². The van der Waals surface area contributed by atoms with Crippen molar-refractivity contribution in [2.24, 2.45) is 5.92 Å². The number of nitrogens with zero attached hydrogens (tertiary/aromatic N) is 1. The van der Waals surface area contributed by atoms with Gasteiger partial charge in [0.05, 0.1) is 12.2 Å². The van der Waals surface area contributed by atoms with Crippen molar-refractivity contribution in [3.8, 4) is 11.1 Å². The number of carbonyl (C=O) groups is 1. The average Bonchev–Trinajstić information content (AvgIpc) is 2.80. The predicted molar refractivity (Wildman–Crippen MR) is 128 cm³/mol. The highest BCUT2D eigenvalue weighted by Crippen LogP contribution is 2.25. The molecule has 1 aliphatic heterocycles. The van der Waals surface area contributed by atoms with E-state index in [0.29, 0.717) is 18.2 Å². The van der Waals surface area contributed by atoms with E-state index in [9.17, 15) is 4.79 Å². The Morgan fingerprint density at radius 3 is 2.55 bits per heavy atom. The zero-order valence-corrected chi connectivity index (χ0v) is 19.4. The Balaban J connectivity index is 1.73. The second kappa shape index (κ2) is 12.0. The monoisotopic (exact) mass is 422 g/mol. The van der Waals surface area contributed by atoms with Crippen LogP contribution in [0.25, 0.3) is 11.1 Å². The molecular formula is C27H38N2O2. The Morgan fingerprint density at radius 2 is 1.87 bits per heavy atom. The highest BCUT2D eigenvalue weighted by molar-refractivity contribution is 5.90. The van der Waals surface area contributed by atoms with Crippen molar-refractivity contribution in [3.05, 3.63) is 59.7 Å². The molecule has 1 fully saturated rings. The second-order valence-corrected chi connectivity index (χ2v) is 8.75. The molecule has 4 heteroatoms.